The Labute approximate surface area is 117 Å². The molecule has 0 amide bonds. The van der Waals surface area contributed by atoms with Crippen molar-refractivity contribution < 1.29 is 14.6 Å². The molecule has 1 fully saturated rings. The molecule has 0 radical (unpaired) electrons. The number of carboxylic acids is 1. The zero-order valence-electron chi connectivity index (χ0n) is 11.8. The molecule has 4 unspecified atom stereocenters. The smallest absolute Gasteiger partial charge is 0.337 e. The van der Waals surface area contributed by atoms with Crippen molar-refractivity contribution in [3.05, 3.63) is 29.6 Å². The van der Waals surface area contributed by atoms with Crippen LogP contribution >= 0.6 is 0 Å². The molecule has 2 N–H and O–H groups in total. The zero-order chi connectivity index (χ0) is 14.4. The van der Waals surface area contributed by atoms with Gasteiger partial charge in [-0.2, -0.15) is 0 Å². The maximum absolute atomic E-state index is 11.2. The van der Waals surface area contributed by atoms with E-state index < -0.39 is 5.97 Å². The number of aromatic nitrogens is 2. The number of aromatic carboxylic acids is 1. The lowest BCUT2D eigenvalue weighted by Gasteiger charge is -2.15. The number of H-pyrrole nitrogens is 1. The first kappa shape index (κ1) is 13.1. The summed E-state index contributed by atoms with van der Waals surface area (Å²) in [5.41, 5.74) is 1.52. The van der Waals surface area contributed by atoms with Gasteiger partial charge in [-0.1, -0.05) is 13.0 Å². The minimum Gasteiger partial charge on any atom is -0.478 e. The van der Waals surface area contributed by atoms with E-state index in [1.807, 2.05) is 13.0 Å². The molecule has 2 aromatic rings. The number of benzene rings is 1. The molecule has 5 nitrogen and oxygen atoms in total. The third-order valence-corrected chi connectivity index (χ3v) is 4.32. The molecule has 20 heavy (non-hydrogen) atoms. The first-order valence-electron chi connectivity index (χ1n) is 6.86. The highest BCUT2D eigenvalue weighted by Crippen LogP contribution is 2.39. The highest BCUT2D eigenvalue weighted by atomic mass is 16.5. The van der Waals surface area contributed by atoms with Crippen LogP contribution in [0.5, 0.6) is 0 Å². The van der Waals surface area contributed by atoms with Gasteiger partial charge in [-0.3, -0.25) is 0 Å². The van der Waals surface area contributed by atoms with E-state index in [2.05, 4.69) is 23.8 Å². The number of carbonyl (C=O) groups is 1. The molecular weight excluding hydrogens is 256 g/mol. The van der Waals surface area contributed by atoms with E-state index in [4.69, 9.17) is 4.74 Å². The summed E-state index contributed by atoms with van der Waals surface area (Å²) in [4.78, 5) is 19.0. The quantitative estimate of drug-likeness (QED) is 0.883. The van der Waals surface area contributed by atoms with E-state index in [9.17, 15) is 9.90 Å². The number of aromatic amines is 1. The minimum atomic E-state index is -0.953. The molecule has 106 valence electrons. The summed E-state index contributed by atoms with van der Waals surface area (Å²) in [5, 5.41) is 9.22. The molecule has 0 aliphatic carbocycles. The van der Waals surface area contributed by atoms with Crippen molar-refractivity contribution in [3.63, 3.8) is 0 Å². The first-order valence-corrected chi connectivity index (χ1v) is 6.86. The van der Waals surface area contributed by atoms with Gasteiger partial charge in [-0.15, -0.1) is 0 Å². The average Bonchev–Trinajstić information content (AvgIpc) is 2.90. The van der Waals surface area contributed by atoms with Crippen LogP contribution < -0.4 is 0 Å². The topological polar surface area (TPSA) is 75.2 Å². The van der Waals surface area contributed by atoms with Gasteiger partial charge >= 0.3 is 5.97 Å². The van der Waals surface area contributed by atoms with E-state index in [1.54, 1.807) is 12.1 Å². The van der Waals surface area contributed by atoms with Gasteiger partial charge in [-0.05, 0) is 31.9 Å². The van der Waals surface area contributed by atoms with Crippen LogP contribution in [0.2, 0.25) is 0 Å². The van der Waals surface area contributed by atoms with Gasteiger partial charge in [0, 0.05) is 5.92 Å². The standard InChI is InChI=1S/C15H18N2O3/c1-7-8(2)20-9(3)12(7)14-16-11-6-4-5-10(15(18)19)13(11)17-14/h4-9,12H,1-3H3,(H,16,17)(H,18,19). The maximum atomic E-state index is 11.2. The van der Waals surface area contributed by atoms with E-state index in [0.29, 0.717) is 11.4 Å². The Morgan fingerprint density at radius 3 is 2.65 bits per heavy atom. The summed E-state index contributed by atoms with van der Waals surface area (Å²) < 4.78 is 5.84. The van der Waals surface area contributed by atoms with Crippen LogP contribution in [0.15, 0.2) is 18.2 Å². The van der Waals surface area contributed by atoms with Crippen molar-refractivity contribution in [1.82, 2.24) is 9.97 Å². The number of ether oxygens (including phenoxy) is 1. The number of fused-ring (bicyclic) bond motifs is 1. The van der Waals surface area contributed by atoms with Crippen molar-refractivity contribution in [1.29, 1.82) is 0 Å². The predicted molar refractivity (Wildman–Crippen MR) is 75.0 cm³/mol. The first-order chi connectivity index (χ1) is 9.49. The molecule has 0 spiro atoms. The second-order valence-corrected chi connectivity index (χ2v) is 5.56. The minimum absolute atomic E-state index is 0.0776. The molecule has 1 aromatic carbocycles. The Hall–Kier alpha value is -1.88. The lowest BCUT2D eigenvalue weighted by molar-refractivity contribution is 0.0554. The molecule has 1 aromatic heterocycles. The molecule has 1 aliphatic heterocycles. The second kappa shape index (κ2) is 4.59. The van der Waals surface area contributed by atoms with Crippen molar-refractivity contribution in [2.75, 3.05) is 0 Å². The number of para-hydroxylation sites is 1. The summed E-state index contributed by atoms with van der Waals surface area (Å²) in [6.45, 7) is 6.24. The molecule has 0 saturated carbocycles. The van der Waals surface area contributed by atoms with Gasteiger partial charge in [-0.25, -0.2) is 9.78 Å². The molecule has 5 heteroatoms. The van der Waals surface area contributed by atoms with Gasteiger partial charge < -0.3 is 14.8 Å². The zero-order valence-corrected chi connectivity index (χ0v) is 11.8. The van der Waals surface area contributed by atoms with Crippen molar-refractivity contribution in [2.24, 2.45) is 5.92 Å². The number of carboxylic acid groups (broad SMARTS) is 1. The van der Waals surface area contributed by atoms with Crippen molar-refractivity contribution in [3.8, 4) is 0 Å². The summed E-state index contributed by atoms with van der Waals surface area (Å²) in [6, 6.07) is 5.16. The van der Waals surface area contributed by atoms with Crippen LogP contribution in [0.1, 0.15) is 42.9 Å². The van der Waals surface area contributed by atoms with E-state index in [-0.39, 0.29) is 23.7 Å². The molecule has 3 rings (SSSR count). The van der Waals surface area contributed by atoms with Gasteiger partial charge in [0.25, 0.3) is 0 Å². The number of nitrogens with one attached hydrogen (secondary N) is 1. The predicted octanol–water partition coefficient (Wildman–Crippen LogP) is 2.79. The van der Waals surface area contributed by atoms with Crippen LogP contribution in [-0.2, 0) is 4.74 Å². The molecule has 1 saturated heterocycles. The average molecular weight is 274 g/mol. The van der Waals surface area contributed by atoms with E-state index in [0.717, 1.165) is 11.3 Å². The number of hydrogen-bond donors (Lipinski definition) is 2. The van der Waals surface area contributed by atoms with E-state index >= 15 is 0 Å². The van der Waals surface area contributed by atoms with Crippen LogP contribution in [0.3, 0.4) is 0 Å². The third-order valence-electron chi connectivity index (χ3n) is 4.32. The summed E-state index contributed by atoms with van der Waals surface area (Å²) in [6.07, 6.45) is 0.260. The lowest BCUT2D eigenvalue weighted by Crippen LogP contribution is -2.16. The lowest BCUT2D eigenvalue weighted by atomic mass is 9.89. The number of rotatable bonds is 2. The van der Waals surface area contributed by atoms with Gasteiger partial charge in [0.1, 0.15) is 11.3 Å². The highest BCUT2D eigenvalue weighted by Gasteiger charge is 2.39. The van der Waals surface area contributed by atoms with Crippen LogP contribution in [-0.4, -0.2) is 33.3 Å². The third kappa shape index (κ3) is 1.89. The van der Waals surface area contributed by atoms with Gasteiger partial charge in [0.15, 0.2) is 0 Å². The van der Waals surface area contributed by atoms with Gasteiger partial charge in [0.2, 0.25) is 0 Å². The highest BCUT2D eigenvalue weighted by molar-refractivity contribution is 6.00. The Kier molecular flexibility index (Phi) is 3.01. The fourth-order valence-corrected chi connectivity index (χ4v) is 3.12. The van der Waals surface area contributed by atoms with Gasteiger partial charge in [0.05, 0.1) is 23.3 Å². The van der Waals surface area contributed by atoms with Crippen molar-refractivity contribution >= 4 is 17.0 Å². The SMILES string of the molecule is CC1OC(C)C(c2nc3c(C(=O)O)cccc3[nH]2)C1C. The second-order valence-electron chi connectivity index (χ2n) is 5.56. The van der Waals surface area contributed by atoms with Crippen LogP contribution in [0.25, 0.3) is 11.0 Å². The van der Waals surface area contributed by atoms with E-state index in [1.165, 1.54) is 0 Å². The fraction of sp³-hybridized carbons (Fsp3) is 0.467. The Balaban J connectivity index is 2.10. The number of nitrogens with zero attached hydrogens (tertiary/aromatic N) is 1. The van der Waals surface area contributed by atoms with Crippen molar-refractivity contribution in [2.45, 2.75) is 38.9 Å². The fourth-order valence-electron chi connectivity index (χ4n) is 3.12. The molecule has 0 bridgehead atoms. The summed E-state index contributed by atoms with van der Waals surface area (Å²) >= 11 is 0. The monoisotopic (exact) mass is 274 g/mol. The maximum Gasteiger partial charge on any atom is 0.337 e. The Bertz CT molecular complexity index is 664. The number of hydrogen-bond acceptors (Lipinski definition) is 3. The number of imidazole rings is 1. The van der Waals surface area contributed by atoms with Crippen LogP contribution in [0.4, 0.5) is 0 Å². The van der Waals surface area contributed by atoms with Crippen LogP contribution in [0, 0.1) is 5.92 Å². The molecular formula is C15H18N2O3. The summed E-state index contributed by atoms with van der Waals surface area (Å²) in [5.74, 6) is 0.377. The Morgan fingerprint density at radius 2 is 2.05 bits per heavy atom. The summed E-state index contributed by atoms with van der Waals surface area (Å²) in [7, 11) is 0. The Morgan fingerprint density at radius 1 is 1.30 bits per heavy atom. The molecule has 1 aliphatic rings. The molecule has 2 heterocycles. The molecule has 4 atom stereocenters. The normalized spacial score (nSPS) is 29.9. The largest absolute Gasteiger partial charge is 0.478 e.